The number of rotatable bonds is 6. The van der Waals surface area contributed by atoms with E-state index in [0.717, 1.165) is 42.1 Å². The van der Waals surface area contributed by atoms with Crippen LogP contribution in [0.2, 0.25) is 0 Å². The highest BCUT2D eigenvalue weighted by molar-refractivity contribution is 6.15. The van der Waals surface area contributed by atoms with Crippen molar-refractivity contribution in [2.75, 3.05) is 24.7 Å². The maximum atomic E-state index is 13.3. The lowest BCUT2D eigenvalue weighted by Crippen LogP contribution is -2.34. The first-order valence-electron chi connectivity index (χ1n) is 12.4. The highest BCUT2D eigenvalue weighted by Gasteiger charge is 2.34. The molecule has 1 unspecified atom stereocenters. The zero-order valence-electron chi connectivity index (χ0n) is 20.9. The molecule has 3 aromatic carbocycles. The van der Waals surface area contributed by atoms with E-state index in [1.165, 1.54) is 11.3 Å². The van der Waals surface area contributed by atoms with Crippen LogP contribution in [0.5, 0.6) is 11.5 Å². The second-order valence-electron chi connectivity index (χ2n) is 9.18. The summed E-state index contributed by atoms with van der Waals surface area (Å²) in [4.78, 5) is 17.9. The largest absolute Gasteiger partial charge is 0.477 e. The summed E-state index contributed by atoms with van der Waals surface area (Å²) in [6.45, 7) is 11.6. The highest BCUT2D eigenvalue weighted by Crippen LogP contribution is 2.44. The van der Waals surface area contributed by atoms with Crippen LogP contribution in [0.15, 0.2) is 66.4 Å². The van der Waals surface area contributed by atoms with E-state index >= 15 is 0 Å². The van der Waals surface area contributed by atoms with Gasteiger partial charge in [0.05, 0.1) is 5.56 Å². The van der Waals surface area contributed by atoms with E-state index in [2.05, 4.69) is 67.0 Å². The van der Waals surface area contributed by atoms with Crippen LogP contribution in [0.4, 0.5) is 5.69 Å². The van der Waals surface area contributed by atoms with E-state index in [9.17, 15) is 4.79 Å². The van der Waals surface area contributed by atoms with Crippen molar-refractivity contribution in [3.8, 4) is 11.5 Å². The summed E-state index contributed by atoms with van der Waals surface area (Å²) in [6, 6.07) is 20.8. The molecule has 2 aliphatic rings. The first kappa shape index (κ1) is 23.2. The summed E-state index contributed by atoms with van der Waals surface area (Å²) >= 11 is 0. The molecule has 0 amide bonds. The number of anilines is 1. The second-order valence-corrected chi connectivity index (χ2v) is 9.18. The smallest absolute Gasteiger partial charge is 0.231 e. The van der Waals surface area contributed by atoms with Gasteiger partial charge in [-0.1, -0.05) is 42.5 Å². The lowest BCUT2D eigenvalue weighted by Gasteiger charge is -2.34. The monoisotopic (exact) mass is 468 g/mol. The zero-order chi connectivity index (χ0) is 24.5. The molecule has 2 heterocycles. The van der Waals surface area contributed by atoms with Crippen molar-refractivity contribution in [2.45, 2.75) is 40.3 Å². The number of ketones is 1. The topological polar surface area (TPSA) is 42.0 Å². The van der Waals surface area contributed by atoms with Gasteiger partial charge in [0.25, 0.3) is 0 Å². The van der Waals surface area contributed by atoms with E-state index in [-0.39, 0.29) is 11.8 Å². The van der Waals surface area contributed by atoms with Gasteiger partial charge in [-0.15, -0.1) is 0 Å². The number of hydrogen-bond donors (Lipinski definition) is 0. The molecule has 180 valence electrons. The minimum absolute atomic E-state index is 0.0769. The Morgan fingerprint density at radius 1 is 1.03 bits per heavy atom. The van der Waals surface area contributed by atoms with Gasteiger partial charge in [0.15, 0.2) is 5.76 Å². The van der Waals surface area contributed by atoms with Crippen LogP contribution in [-0.4, -0.2) is 30.5 Å². The fourth-order valence-corrected chi connectivity index (χ4v) is 4.98. The summed E-state index contributed by atoms with van der Waals surface area (Å²) in [5.41, 5.74) is 5.89. The normalized spacial score (nSPS) is 16.9. The Kier molecular flexibility index (Phi) is 6.35. The maximum Gasteiger partial charge on any atom is 0.231 e. The zero-order valence-corrected chi connectivity index (χ0v) is 20.9. The molecular weight excluding hydrogens is 436 g/mol. The molecule has 0 saturated heterocycles. The molecule has 0 fully saturated rings. The van der Waals surface area contributed by atoms with Gasteiger partial charge in [-0.05, 0) is 63.1 Å². The summed E-state index contributed by atoms with van der Waals surface area (Å²) in [5.74, 6) is 1.73. The van der Waals surface area contributed by atoms with Crippen LogP contribution in [-0.2, 0) is 6.54 Å². The summed E-state index contributed by atoms with van der Waals surface area (Å²) < 4.78 is 12.3. The molecular formula is C30H32N2O3. The fourth-order valence-electron chi connectivity index (χ4n) is 4.98. The average Bonchev–Trinajstić information content (AvgIpc) is 3.21. The molecule has 0 saturated carbocycles. The van der Waals surface area contributed by atoms with Gasteiger partial charge in [-0.2, -0.15) is 0 Å². The van der Waals surface area contributed by atoms with E-state index in [1.807, 2.05) is 37.3 Å². The molecule has 3 aromatic rings. The lowest BCUT2D eigenvalue weighted by molar-refractivity contribution is 0.0609. The third kappa shape index (κ3) is 4.32. The molecule has 5 rings (SSSR count). The number of nitrogens with zero attached hydrogens (tertiary/aromatic N) is 2. The van der Waals surface area contributed by atoms with Gasteiger partial charge in [-0.3, -0.25) is 9.69 Å². The van der Waals surface area contributed by atoms with Crippen LogP contribution in [0.25, 0.3) is 6.08 Å². The maximum absolute atomic E-state index is 13.3. The van der Waals surface area contributed by atoms with Crippen molar-refractivity contribution in [3.63, 3.8) is 0 Å². The standard InChI is InChI=1S/C30H32N2O3/c1-5-31(6-2)25-14-12-22(13-15-25)16-27-28(33)26-17-24-18-32(21(4)23-10-8-7-9-11-23)19-34-29(24)20(3)30(26)35-27/h7-17,21H,5-6,18-19H2,1-4H3/b27-16-. The van der Waals surface area contributed by atoms with Crippen molar-refractivity contribution < 1.29 is 14.3 Å². The SMILES string of the molecule is CCN(CC)c1ccc(/C=C2\Oc3c(cc4c(c3C)OCN(C(C)c3ccccc3)C4)C2=O)cc1. The minimum atomic E-state index is -0.0769. The molecule has 0 radical (unpaired) electrons. The first-order valence-corrected chi connectivity index (χ1v) is 12.4. The fraction of sp³-hybridized carbons (Fsp3) is 0.300. The van der Waals surface area contributed by atoms with Gasteiger partial charge in [0, 0.05) is 42.5 Å². The van der Waals surface area contributed by atoms with Crippen LogP contribution in [0.3, 0.4) is 0 Å². The molecule has 0 aliphatic carbocycles. The third-order valence-corrected chi connectivity index (χ3v) is 7.11. The van der Waals surface area contributed by atoms with Crippen LogP contribution >= 0.6 is 0 Å². The predicted molar refractivity (Wildman–Crippen MR) is 140 cm³/mol. The van der Waals surface area contributed by atoms with Crippen molar-refractivity contribution in [2.24, 2.45) is 0 Å². The first-order chi connectivity index (χ1) is 17.0. The Bertz CT molecular complexity index is 1260. The number of allylic oxidation sites excluding steroid dienone is 1. The number of Topliss-reactive ketones (excluding diaryl/α,β-unsaturated/α-hetero) is 1. The van der Waals surface area contributed by atoms with E-state index < -0.39 is 0 Å². The molecule has 5 heteroatoms. The Morgan fingerprint density at radius 2 is 1.74 bits per heavy atom. The number of ether oxygens (including phenoxy) is 2. The van der Waals surface area contributed by atoms with Crippen molar-refractivity contribution in [1.82, 2.24) is 4.90 Å². The summed E-state index contributed by atoms with van der Waals surface area (Å²) in [7, 11) is 0. The Hall–Kier alpha value is -3.57. The predicted octanol–water partition coefficient (Wildman–Crippen LogP) is 6.37. The van der Waals surface area contributed by atoms with Gasteiger partial charge in [-0.25, -0.2) is 0 Å². The molecule has 35 heavy (non-hydrogen) atoms. The van der Waals surface area contributed by atoms with Gasteiger partial charge >= 0.3 is 0 Å². The Morgan fingerprint density at radius 3 is 2.43 bits per heavy atom. The van der Waals surface area contributed by atoms with Gasteiger partial charge < -0.3 is 14.4 Å². The number of carbonyl (C=O) groups excluding carboxylic acids is 1. The molecule has 2 aliphatic heterocycles. The number of fused-ring (bicyclic) bond motifs is 2. The van der Waals surface area contributed by atoms with Crippen LogP contribution in [0.1, 0.15) is 59.4 Å². The van der Waals surface area contributed by atoms with Crippen molar-refractivity contribution in [3.05, 3.63) is 94.2 Å². The van der Waals surface area contributed by atoms with Crippen LogP contribution < -0.4 is 14.4 Å². The third-order valence-electron chi connectivity index (χ3n) is 7.11. The van der Waals surface area contributed by atoms with Crippen molar-refractivity contribution in [1.29, 1.82) is 0 Å². The Labute approximate surface area is 207 Å². The average molecular weight is 469 g/mol. The van der Waals surface area contributed by atoms with E-state index in [0.29, 0.717) is 23.8 Å². The number of hydrogen-bond acceptors (Lipinski definition) is 5. The molecule has 0 N–H and O–H groups in total. The number of carbonyl (C=O) groups is 1. The van der Waals surface area contributed by atoms with E-state index in [4.69, 9.17) is 9.47 Å². The van der Waals surface area contributed by atoms with Crippen LogP contribution in [0, 0.1) is 6.92 Å². The summed E-state index contributed by atoms with van der Waals surface area (Å²) in [6.07, 6.45) is 1.83. The molecule has 0 bridgehead atoms. The molecule has 0 aromatic heterocycles. The lowest BCUT2D eigenvalue weighted by atomic mass is 9.99. The van der Waals surface area contributed by atoms with Gasteiger partial charge in [0.1, 0.15) is 18.2 Å². The molecule has 5 nitrogen and oxygen atoms in total. The Balaban J connectivity index is 1.39. The van der Waals surface area contributed by atoms with Gasteiger partial charge in [0.2, 0.25) is 5.78 Å². The highest BCUT2D eigenvalue weighted by atomic mass is 16.5. The molecule has 1 atom stereocenters. The molecule has 0 spiro atoms. The quantitative estimate of drug-likeness (QED) is 0.393. The number of benzene rings is 3. The summed E-state index contributed by atoms with van der Waals surface area (Å²) in [5, 5.41) is 0. The van der Waals surface area contributed by atoms with E-state index in [1.54, 1.807) is 0 Å². The minimum Gasteiger partial charge on any atom is -0.477 e. The second kappa shape index (κ2) is 9.59. The van der Waals surface area contributed by atoms with Crippen molar-refractivity contribution >= 4 is 17.5 Å².